The lowest BCUT2D eigenvalue weighted by Crippen LogP contribution is -2.13. The number of nitrogens with zero attached hydrogens (tertiary/aromatic N) is 4. The van der Waals surface area contributed by atoms with Crippen LogP contribution < -0.4 is 5.32 Å². The molecule has 7 heteroatoms. The summed E-state index contributed by atoms with van der Waals surface area (Å²) in [5.41, 5.74) is 4.65. The van der Waals surface area contributed by atoms with Crippen molar-refractivity contribution in [1.82, 2.24) is 19.4 Å². The molecule has 1 N–H and O–H groups in total. The largest absolute Gasteiger partial charge is 0.441 e. The minimum atomic E-state index is -0.314. The summed E-state index contributed by atoms with van der Waals surface area (Å²) in [6.45, 7) is 5.62. The minimum Gasteiger partial charge on any atom is -0.441 e. The lowest BCUT2D eigenvalue weighted by Gasteiger charge is -2.04. The molecule has 0 radical (unpaired) electrons. The zero-order chi connectivity index (χ0) is 16.8. The fraction of sp³-hybridized carbons (Fsp3) is 0.176. The first-order chi connectivity index (χ1) is 11.5. The fourth-order valence-corrected chi connectivity index (χ4v) is 2.75. The van der Waals surface area contributed by atoms with Gasteiger partial charge in [-0.25, -0.2) is 15.0 Å². The number of benzene rings is 1. The highest BCUT2D eigenvalue weighted by Crippen LogP contribution is 2.21. The number of hydrogen-bond acceptors (Lipinski definition) is 5. The number of fused-ring (bicyclic) bond motifs is 2. The standard InChI is InChI=1S/C17H15N5O2/c1-9-6-10(2)22-8-18-15(16(22)19-9)17(23)21-12-4-5-13-14(7-12)24-11(3)20-13/h4-8H,1-3H3,(H,21,23). The maximum atomic E-state index is 12.6. The molecular formula is C17H15N5O2. The van der Waals surface area contributed by atoms with Crippen molar-refractivity contribution in [3.63, 3.8) is 0 Å². The van der Waals surface area contributed by atoms with Gasteiger partial charge >= 0.3 is 0 Å². The number of nitrogens with one attached hydrogen (secondary N) is 1. The van der Waals surface area contributed by atoms with Gasteiger partial charge in [0.1, 0.15) is 11.8 Å². The van der Waals surface area contributed by atoms with E-state index in [0.717, 1.165) is 16.9 Å². The third kappa shape index (κ3) is 2.30. The van der Waals surface area contributed by atoms with Crippen molar-refractivity contribution in [2.24, 2.45) is 0 Å². The van der Waals surface area contributed by atoms with Gasteiger partial charge in [-0.05, 0) is 32.0 Å². The first kappa shape index (κ1) is 14.4. The van der Waals surface area contributed by atoms with E-state index in [-0.39, 0.29) is 11.6 Å². The van der Waals surface area contributed by atoms with Crippen LogP contribution in [-0.4, -0.2) is 25.3 Å². The maximum absolute atomic E-state index is 12.6. The second-order valence-corrected chi connectivity index (χ2v) is 5.70. The summed E-state index contributed by atoms with van der Waals surface area (Å²) in [4.78, 5) is 25.5. The normalized spacial score (nSPS) is 11.3. The van der Waals surface area contributed by atoms with Gasteiger partial charge in [0.2, 0.25) is 0 Å². The van der Waals surface area contributed by atoms with Gasteiger partial charge in [-0.2, -0.15) is 0 Å². The molecule has 120 valence electrons. The Labute approximate surface area is 137 Å². The number of aromatic nitrogens is 4. The predicted octanol–water partition coefficient (Wildman–Crippen LogP) is 3.05. The van der Waals surface area contributed by atoms with Crippen molar-refractivity contribution in [3.8, 4) is 0 Å². The molecule has 0 spiro atoms. The Kier molecular flexibility index (Phi) is 3.09. The number of hydrogen-bond donors (Lipinski definition) is 1. The third-order valence-corrected chi connectivity index (χ3v) is 3.79. The SMILES string of the molecule is Cc1cc(C)n2cnc(C(=O)Nc3ccc4nc(C)oc4c3)c2n1. The topological polar surface area (TPSA) is 85.3 Å². The lowest BCUT2D eigenvalue weighted by atomic mass is 10.2. The first-order valence-electron chi connectivity index (χ1n) is 7.51. The number of carbonyl (C=O) groups is 1. The van der Waals surface area contributed by atoms with Gasteiger partial charge in [-0.3, -0.25) is 9.20 Å². The highest BCUT2D eigenvalue weighted by Gasteiger charge is 2.16. The molecule has 1 amide bonds. The van der Waals surface area contributed by atoms with E-state index in [0.29, 0.717) is 22.8 Å². The molecule has 24 heavy (non-hydrogen) atoms. The number of aryl methyl sites for hydroxylation is 3. The van der Waals surface area contributed by atoms with Crippen LogP contribution >= 0.6 is 0 Å². The van der Waals surface area contributed by atoms with Crippen molar-refractivity contribution >= 4 is 28.3 Å². The summed E-state index contributed by atoms with van der Waals surface area (Å²) in [6, 6.07) is 7.27. The second-order valence-electron chi connectivity index (χ2n) is 5.70. The summed E-state index contributed by atoms with van der Waals surface area (Å²) in [5.74, 6) is 0.273. The summed E-state index contributed by atoms with van der Waals surface area (Å²) < 4.78 is 7.28. The Morgan fingerprint density at radius 1 is 1.17 bits per heavy atom. The van der Waals surface area contributed by atoms with E-state index in [2.05, 4.69) is 20.3 Å². The molecule has 4 aromatic rings. The average molecular weight is 321 g/mol. The second kappa shape index (κ2) is 5.16. The van der Waals surface area contributed by atoms with Crippen LogP contribution in [0.5, 0.6) is 0 Å². The van der Waals surface area contributed by atoms with Gasteiger partial charge in [-0.1, -0.05) is 0 Å². The molecule has 0 bridgehead atoms. The van der Waals surface area contributed by atoms with E-state index in [9.17, 15) is 4.79 Å². The van der Waals surface area contributed by atoms with Crippen LogP contribution in [0.2, 0.25) is 0 Å². The Morgan fingerprint density at radius 3 is 2.83 bits per heavy atom. The van der Waals surface area contributed by atoms with Gasteiger partial charge < -0.3 is 9.73 Å². The van der Waals surface area contributed by atoms with Crippen LogP contribution in [0.4, 0.5) is 5.69 Å². The molecule has 4 rings (SSSR count). The molecule has 0 fully saturated rings. The van der Waals surface area contributed by atoms with E-state index in [1.165, 1.54) is 0 Å². The quantitative estimate of drug-likeness (QED) is 0.613. The molecule has 3 aromatic heterocycles. The van der Waals surface area contributed by atoms with Crippen LogP contribution in [0.3, 0.4) is 0 Å². The Morgan fingerprint density at radius 2 is 2.00 bits per heavy atom. The smallest absolute Gasteiger partial charge is 0.278 e. The van der Waals surface area contributed by atoms with Crippen molar-refractivity contribution in [2.75, 3.05) is 5.32 Å². The number of carbonyl (C=O) groups excluding carboxylic acids is 1. The van der Waals surface area contributed by atoms with Crippen molar-refractivity contribution in [2.45, 2.75) is 20.8 Å². The summed E-state index contributed by atoms with van der Waals surface area (Å²) in [6.07, 6.45) is 1.61. The highest BCUT2D eigenvalue weighted by atomic mass is 16.3. The van der Waals surface area contributed by atoms with E-state index >= 15 is 0 Å². The van der Waals surface area contributed by atoms with Crippen LogP contribution in [0.1, 0.15) is 27.8 Å². The molecule has 0 unspecified atom stereocenters. The van der Waals surface area contributed by atoms with Crippen molar-refractivity contribution in [3.05, 3.63) is 53.6 Å². The molecular weight excluding hydrogens is 306 g/mol. The number of imidazole rings is 1. The molecule has 0 aliphatic carbocycles. The van der Waals surface area contributed by atoms with Gasteiger partial charge in [0, 0.05) is 30.1 Å². The molecule has 1 aromatic carbocycles. The maximum Gasteiger partial charge on any atom is 0.278 e. The highest BCUT2D eigenvalue weighted by molar-refractivity contribution is 6.07. The summed E-state index contributed by atoms with van der Waals surface area (Å²) >= 11 is 0. The van der Waals surface area contributed by atoms with E-state index < -0.39 is 0 Å². The monoisotopic (exact) mass is 321 g/mol. The molecule has 0 aliphatic rings. The van der Waals surface area contributed by atoms with Gasteiger partial charge in [-0.15, -0.1) is 0 Å². The van der Waals surface area contributed by atoms with Crippen molar-refractivity contribution < 1.29 is 9.21 Å². The van der Waals surface area contributed by atoms with Gasteiger partial charge in [0.05, 0.1) is 0 Å². The predicted molar refractivity (Wildman–Crippen MR) is 89.2 cm³/mol. The Hall–Kier alpha value is -3.22. The van der Waals surface area contributed by atoms with Crippen LogP contribution in [0, 0.1) is 20.8 Å². The van der Waals surface area contributed by atoms with E-state index in [1.807, 2.05) is 19.9 Å². The van der Waals surface area contributed by atoms with E-state index in [1.54, 1.807) is 35.9 Å². The Bertz CT molecular complexity index is 1090. The fourth-order valence-electron chi connectivity index (χ4n) is 2.75. The average Bonchev–Trinajstić information content (AvgIpc) is 3.09. The molecule has 0 atom stereocenters. The van der Waals surface area contributed by atoms with Crippen molar-refractivity contribution in [1.29, 1.82) is 0 Å². The van der Waals surface area contributed by atoms with Gasteiger partial charge in [0.25, 0.3) is 5.91 Å². The molecule has 0 saturated heterocycles. The van der Waals surface area contributed by atoms with Gasteiger partial charge in [0.15, 0.2) is 22.8 Å². The van der Waals surface area contributed by atoms with Crippen LogP contribution in [0.25, 0.3) is 16.7 Å². The van der Waals surface area contributed by atoms with Crippen LogP contribution in [-0.2, 0) is 0 Å². The first-order valence-corrected chi connectivity index (χ1v) is 7.51. The lowest BCUT2D eigenvalue weighted by molar-refractivity contribution is 0.102. The zero-order valence-electron chi connectivity index (χ0n) is 13.5. The minimum absolute atomic E-state index is 0.288. The third-order valence-electron chi connectivity index (χ3n) is 3.79. The number of amides is 1. The molecule has 0 aliphatic heterocycles. The molecule has 7 nitrogen and oxygen atoms in total. The number of anilines is 1. The van der Waals surface area contributed by atoms with E-state index in [4.69, 9.17) is 4.42 Å². The summed E-state index contributed by atoms with van der Waals surface area (Å²) in [5, 5.41) is 2.83. The summed E-state index contributed by atoms with van der Waals surface area (Å²) in [7, 11) is 0. The number of rotatable bonds is 2. The zero-order valence-corrected chi connectivity index (χ0v) is 13.5. The molecule has 3 heterocycles. The van der Waals surface area contributed by atoms with Crippen LogP contribution in [0.15, 0.2) is 35.0 Å². The number of oxazole rings is 1. The molecule has 0 saturated carbocycles. The Balaban J connectivity index is 1.70.